The zero-order valence-corrected chi connectivity index (χ0v) is 14.7. The molecule has 0 aliphatic carbocycles. The van der Waals surface area contributed by atoms with Crippen molar-refractivity contribution in [2.24, 2.45) is 5.41 Å². The van der Waals surface area contributed by atoms with Crippen molar-refractivity contribution in [2.45, 2.75) is 53.0 Å². The topological polar surface area (TPSA) is 67.2 Å². The number of hydrogen-bond acceptors (Lipinski definition) is 4. The smallest absolute Gasteiger partial charge is 0.283 e. The minimum absolute atomic E-state index is 0.101. The molecule has 120 valence electrons. The SMILES string of the molecule is CCCCCC(C)(C)CNc1cnn(CCO)c(=O)c1Br. The van der Waals surface area contributed by atoms with E-state index in [0.29, 0.717) is 10.2 Å². The maximum absolute atomic E-state index is 12.0. The van der Waals surface area contributed by atoms with Crippen LogP contribution in [0.2, 0.25) is 0 Å². The van der Waals surface area contributed by atoms with Gasteiger partial charge in [0.25, 0.3) is 5.56 Å². The van der Waals surface area contributed by atoms with Gasteiger partial charge in [0.2, 0.25) is 0 Å². The van der Waals surface area contributed by atoms with Crippen LogP contribution in [0.5, 0.6) is 0 Å². The summed E-state index contributed by atoms with van der Waals surface area (Å²) in [7, 11) is 0. The summed E-state index contributed by atoms with van der Waals surface area (Å²) in [4.78, 5) is 12.0. The Balaban J connectivity index is 2.67. The van der Waals surface area contributed by atoms with Crippen LogP contribution in [-0.4, -0.2) is 28.0 Å². The first kappa shape index (κ1) is 18.2. The highest BCUT2D eigenvalue weighted by Crippen LogP contribution is 2.25. The molecule has 0 aromatic carbocycles. The second kappa shape index (κ2) is 8.54. The molecule has 2 N–H and O–H groups in total. The quantitative estimate of drug-likeness (QED) is 0.665. The first-order valence-corrected chi connectivity index (χ1v) is 8.31. The van der Waals surface area contributed by atoms with E-state index in [-0.39, 0.29) is 24.1 Å². The molecule has 0 aliphatic rings. The average molecular weight is 360 g/mol. The van der Waals surface area contributed by atoms with Crippen molar-refractivity contribution in [2.75, 3.05) is 18.5 Å². The number of aliphatic hydroxyl groups is 1. The van der Waals surface area contributed by atoms with E-state index in [0.717, 1.165) is 13.0 Å². The van der Waals surface area contributed by atoms with Gasteiger partial charge >= 0.3 is 0 Å². The van der Waals surface area contributed by atoms with Gasteiger partial charge in [-0.25, -0.2) is 4.68 Å². The van der Waals surface area contributed by atoms with Crippen molar-refractivity contribution in [3.63, 3.8) is 0 Å². The summed E-state index contributed by atoms with van der Waals surface area (Å²) in [5.41, 5.74) is 0.657. The Morgan fingerprint density at radius 1 is 1.43 bits per heavy atom. The van der Waals surface area contributed by atoms with Crippen LogP contribution in [0.15, 0.2) is 15.5 Å². The van der Waals surface area contributed by atoms with Gasteiger partial charge in [0, 0.05) is 6.54 Å². The fourth-order valence-electron chi connectivity index (χ4n) is 2.12. The van der Waals surface area contributed by atoms with Crippen LogP contribution in [0.4, 0.5) is 5.69 Å². The van der Waals surface area contributed by atoms with Crippen LogP contribution < -0.4 is 10.9 Å². The van der Waals surface area contributed by atoms with Crippen molar-refractivity contribution < 1.29 is 5.11 Å². The van der Waals surface area contributed by atoms with E-state index in [1.54, 1.807) is 6.20 Å². The second-order valence-electron chi connectivity index (χ2n) is 6.10. The molecule has 1 rings (SSSR count). The number of rotatable bonds is 9. The average Bonchev–Trinajstić information content (AvgIpc) is 2.43. The lowest BCUT2D eigenvalue weighted by Gasteiger charge is -2.25. The summed E-state index contributed by atoms with van der Waals surface area (Å²) in [6.45, 7) is 7.56. The molecule has 1 aromatic heterocycles. The normalized spacial score (nSPS) is 11.7. The Kier molecular flexibility index (Phi) is 7.39. The van der Waals surface area contributed by atoms with Crippen molar-refractivity contribution in [3.8, 4) is 0 Å². The van der Waals surface area contributed by atoms with Gasteiger partial charge in [-0.15, -0.1) is 0 Å². The molecule has 0 aliphatic heterocycles. The van der Waals surface area contributed by atoms with Gasteiger partial charge < -0.3 is 10.4 Å². The summed E-state index contributed by atoms with van der Waals surface area (Å²) >= 11 is 3.32. The molecule has 0 saturated heterocycles. The van der Waals surface area contributed by atoms with Crippen LogP contribution in [0, 0.1) is 5.41 Å². The number of unbranched alkanes of at least 4 members (excludes halogenated alkanes) is 2. The lowest BCUT2D eigenvalue weighted by Crippen LogP contribution is -2.28. The Morgan fingerprint density at radius 3 is 2.76 bits per heavy atom. The molecule has 1 aromatic rings. The molecule has 0 bridgehead atoms. The highest BCUT2D eigenvalue weighted by atomic mass is 79.9. The van der Waals surface area contributed by atoms with Gasteiger partial charge in [0.15, 0.2) is 0 Å². The van der Waals surface area contributed by atoms with E-state index >= 15 is 0 Å². The number of halogens is 1. The Bertz CT molecular complexity index is 500. The van der Waals surface area contributed by atoms with Crippen molar-refractivity contribution >= 4 is 21.6 Å². The first-order valence-electron chi connectivity index (χ1n) is 7.51. The molecular weight excluding hydrogens is 334 g/mol. The van der Waals surface area contributed by atoms with E-state index in [2.05, 4.69) is 47.1 Å². The van der Waals surface area contributed by atoms with Crippen molar-refractivity contribution in [1.82, 2.24) is 9.78 Å². The molecule has 5 nitrogen and oxygen atoms in total. The van der Waals surface area contributed by atoms with E-state index in [9.17, 15) is 4.79 Å². The maximum atomic E-state index is 12.0. The second-order valence-corrected chi connectivity index (χ2v) is 6.89. The van der Waals surface area contributed by atoms with Gasteiger partial charge in [0.05, 0.1) is 25.0 Å². The number of anilines is 1. The van der Waals surface area contributed by atoms with Gasteiger partial charge in [-0.1, -0.05) is 40.0 Å². The zero-order chi connectivity index (χ0) is 15.9. The summed E-state index contributed by atoms with van der Waals surface area (Å²) in [6.07, 6.45) is 6.49. The maximum Gasteiger partial charge on any atom is 0.283 e. The molecule has 0 saturated carbocycles. The van der Waals surface area contributed by atoms with E-state index in [1.807, 2.05) is 0 Å². The standard InChI is InChI=1S/C15H26BrN3O2/c1-4-5-6-7-15(2,3)11-17-12-10-18-19(8-9-20)14(21)13(12)16/h10,17,20H,4-9,11H2,1-3H3. The van der Waals surface area contributed by atoms with Gasteiger partial charge in [-0.2, -0.15) is 5.10 Å². The Hall–Kier alpha value is -0.880. The third-order valence-electron chi connectivity index (χ3n) is 3.51. The molecule has 0 unspecified atom stereocenters. The number of aromatic nitrogens is 2. The molecule has 0 radical (unpaired) electrons. The van der Waals surface area contributed by atoms with E-state index in [1.165, 1.54) is 23.9 Å². The van der Waals surface area contributed by atoms with Crippen LogP contribution in [-0.2, 0) is 6.54 Å². The number of nitrogens with one attached hydrogen (secondary N) is 1. The van der Waals surface area contributed by atoms with Crippen LogP contribution in [0.3, 0.4) is 0 Å². The summed E-state index contributed by atoms with van der Waals surface area (Å²) < 4.78 is 1.72. The van der Waals surface area contributed by atoms with Crippen LogP contribution in [0.25, 0.3) is 0 Å². The molecule has 0 spiro atoms. The van der Waals surface area contributed by atoms with Gasteiger partial charge in [-0.05, 0) is 27.8 Å². The molecule has 0 atom stereocenters. The van der Waals surface area contributed by atoms with Gasteiger partial charge in [0.1, 0.15) is 4.47 Å². The fourth-order valence-corrected chi connectivity index (χ4v) is 2.57. The Labute approximate surface area is 134 Å². The van der Waals surface area contributed by atoms with E-state index in [4.69, 9.17) is 5.11 Å². The monoisotopic (exact) mass is 359 g/mol. The van der Waals surface area contributed by atoms with Crippen molar-refractivity contribution in [1.29, 1.82) is 0 Å². The number of nitrogens with zero attached hydrogens (tertiary/aromatic N) is 2. The number of hydrogen-bond donors (Lipinski definition) is 2. The minimum Gasteiger partial charge on any atom is -0.394 e. The third-order valence-corrected chi connectivity index (χ3v) is 4.28. The predicted octanol–water partition coefficient (Wildman–Crippen LogP) is 3.02. The molecule has 0 amide bonds. The van der Waals surface area contributed by atoms with Crippen LogP contribution >= 0.6 is 15.9 Å². The number of aliphatic hydroxyl groups excluding tert-OH is 1. The summed E-state index contributed by atoms with van der Waals surface area (Å²) in [6, 6.07) is 0. The zero-order valence-electron chi connectivity index (χ0n) is 13.2. The highest BCUT2D eigenvalue weighted by molar-refractivity contribution is 9.10. The van der Waals surface area contributed by atoms with Gasteiger partial charge in [-0.3, -0.25) is 4.79 Å². The molecule has 21 heavy (non-hydrogen) atoms. The molecular formula is C15H26BrN3O2. The molecule has 0 fully saturated rings. The fraction of sp³-hybridized carbons (Fsp3) is 0.733. The van der Waals surface area contributed by atoms with Crippen molar-refractivity contribution in [3.05, 3.63) is 21.0 Å². The highest BCUT2D eigenvalue weighted by Gasteiger charge is 2.18. The summed E-state index contributed by atoms with van der Waals surface area (Å²) in [5.74, 6) is 0. The predicted molar refractivity (Wildman–Crippen MR) is 89.7 cm³/mol. The summed E-state index contributed by atoms with van der Waals surface area (Å²) in [5, 5.41) is 16.2. The Morgan fingerprint density at radius 2 is 2.14 bits per heavy atom. The molecule has 6 heteroatoms. The van der Waals surface area contributed by atoms with Crippen LogP contribution in [0.1, 0.15) is 46.5 Å². The largest absolute Gasteiger partial charge is 0.394 e. The molecule has 1 heterocycles. The van der Waals surface area contributed by atoms with E-state index < -0.39 is 0 Å². The third kappa shape index (κ3) is 5.79. The lowest BCUT2D eigenvalue weighted by atomic mass is 9.87. The minimum atomic E-state index is -0.224. The lowest BCUT2D eigenvalue weighted by molar-refractivity contribution is 0.266. The first-order chi connectivity index (χ1) is 9.91.